The standard InChI is InChI=1S/C7H14N2OS.CH3NOS/c1-6-4-2-3-5-9(6)8-7(10)11;2-1(3)4/h6H,2-5H2,1H3,(H2,8,10,11);(H3,2,3,4). The quantitative estimate of drug-likeness (QED) is 0.517. The fourth-order valence-electron chi connectivity index (χ4n) is 1.39. The number of aliphatic hydroxyl groups excluding tert-OH is 2. The van der Waals surface area contributed by atoms with Crippen LogP contribution in [0.4, 0.5) is 0 Å². The van der Waals surface area contributed by atoms with Gasteiger partial charge in [-0.15, -0.1) is 0 Å². The number of aliphatic hydroxyl groups is 2. The van der Waals surface area contributed by atoms with Gasteiger partial charge in [-0.1, -0.05) is 6.42 Å². The van der Waals surface area contributed by atoms with Gasteiger partial charge in [0.2, 0.25) is 0 Å². The Morgan fingerprint density at radius 2 is 1.93 bits per heavy atom. The molecule has 88 valence electrons. The van der Waals surface area contributed by atoms with Crippen LogP contribution in [0, 0.1) is 0 Å². The summed E-state index contributed by atoms with van der Waals surface area (Å²) in [6.07, 6.45) is 3.63. The maximum atomic E-state index is 8.80. The molecular weight excluding hydrogens is 234 g/mol. The topological polar surface area (TPSA) is 81.8 Å². The molecule has 0 spiro atoms. The number of thiocarbonyl (C=S) groups is 2. The summed E-state index contributed by atoms with van der Waals surface area (Å²) in [5, 5.41) is 17.7. The average molecular weight is 251 g/mol. The summed E-state index contributed by atoms with van der Waals surface area (Å²) < 4.78 is 0. The van der Waals surface area contributed by atoms with Crippen molar-refractivity contribution in [1.29, 1.82) is 0 Å². The van der Waals surface area contributed by atoms with E-state index in [2.05, 4.69) is 42.5 Å². The Balaban J connectivity index is 0.000000423. The van der Waals surface area contributed by atoms with Crippen molar-refractivity contribution in [2.45, 2.75) is 32.2 Å². The van der Waals surface area contributed by atoms with Gasteiger partial charge in [0, 0.05) is 12.6 Å². The smallest absolute Gasteiger partial charge is 0.269 e. The summed E-state index contributed by atoms with van der Waals surface area (Å²) in [4.78, 5) is 0. The van der Waals surface area contributed by atoms with Crippen molar-refractivity contribution in [2.75, 3.05) is 6.54 Å². The molecule has 1 aliphatic rings. The van der Waals surface area contributed by atoms with Gasteiger partial charge in [-0.25, -0.2) is 5.01 Å². The van der Waals surface area contributed by atoms with E-state index in [1.54, 1.807) is 0 Å². The largest absolute Gasteiger partial charge is 0.487 e. The minimum atomic E-state index is -0.500. The molecule has 5 nitrogen and oxygen atoms in total. The van der Waals surface area contributed by atoms with Crippen molar-refractivity contribution in [3.8, 4) is 0 Å². The second-order valence-electron chi connectivity index (χ2n) is 3.29. The van der Waals surface area contributed by atoms with Crippen molar-refractivity contribution in [3.63, 3.8) is 0 Å². The van der Waals surface area contributed by atoms with Gasteiger partial charge >= 0.3 is 0 Å². The molecule has 0 aromatic carbocycles. The highest BCUT2D eigenvalue weighted by Gasteiger charge is 2.17. The van der Waals surface area contributed by atoms with Crippen LogP contribution < -0.4 is 11.2 Å². The zero-order valence-electron chi connectivity index (χ0n) is 8.64. The molecule has 1 saturated heterocycles. The lowest BCUT2D eigenvalue weighted by Crippen LogP contribution is -2.49. The Labute approximate surface area is 100 Å². The van der Waals surface area contributed by atoms with Crippen molar-refractivity contribution >= 4 is 34.8 Å². The summed E-state index contributed by atoms with van der Waals surface area (Å²) in [6.45, 7) is 3.10. The third-order valence-electron chi connectivity index (χ3n) is 2.04. The van der Waals surface area contributed by atoms with Gasteiger partial charge in [-0.3, -0.25) is 5.43 Å². The fraction of sp³-hybridized carbons (Fsp3) is 0.750. The van der Waals surface area contributed by atoms with E-state index in [-0.39, 0.29) is 5.17 Å². The molecular formula is C8H17N3O2S2. The Kier molecular flexibility index (Phi) is 7.27. The lowest BCUT2D eigenvalue weighted by atomic mass is 10.1. The van der Waals surface area contributed by atoms with Gasteiger partial charge in [0.25, 0.3) is 10.3 Å². The first-order valence-corrected chi connectivity index (χ1v) is 5.49. The first-order chi connectivity index (χ1) is 6.93. The Morgan fingerprint density at radius 3 is 2.33 bits per heavy atom. The van der Waals surface area contributed by atoms with E-state index >= 15 is 0 Å². The van der Waals surface area contributed by atoms with Crippen molar-refractivity contribution < 1.29 is 10.2 Å². The van der Waals surface area contributed by atoms with Crippen LogP contribution >= 0.6 is 24.4 Å². The SMILES string of the molecule is CC1CCCCN1NC(O)=S.NC(O)=S. The zero-order chi connectivity index (χ0) is 11.8. The molecule has 0 amide bonds. The maximum absolute atomic E-state index is 8.80. The van der Waals surface area contributed by atoms with Gasteiger partial charge in [0.1, 0.15) is 0 Å². The summed E-state index contributed by atoms with van der Waals surface area (Å²) in [7, 11) is 0. The van der Waals surface area contributed by atoms with Gasteiger partial charge in [-0.2, -0.15) is 0 Å². The molecule has 0 aliphatic carbocycles. The third-order valence-corrected chi connectivity index (χ3v) is 2.13. The fourth-order valence-corrected chi connectivity index (χ4v) is 1.50. The Hall–Kier alpha value is -0.660. The van der Waals surface area contributed by atoms with Gasteiger partial charge < -0.3 is 15.9 Å². The van der Waals surface area contributed by atoms with E-state index in [1.165, 1.54) is 19.3 Å². The molecule has 7 heteroatoms. The van der Waals surface area contributed by atoms with Crippen LogP contribution in [0.1, 0.15) is 26.2 Å². The normalized spacial score (nSPS) is 21.0. The number of hydrogen-bond acceptors (Lipinski definition) is 3. The molecule has 5 N–H and O–H groups in total. The molecule has 0 bridgehead atoms. The monoisotopic (exact) mass is 251 g/mol. The number of hydrazine groups is 1. The van der Waals surface area contributed by atoms with Crippen LogP contribution in [0.15, 0.2) is 0 Å². The molecule has 0 radical (unpaired) electrons. The predicted molar refractivity (Wildman–Crippen MR) is 67.8 cm³/mol. The predicted octanol–water partition coefficient (Wildman–Crippen LogP) is 0.996. The van der Waals surface area contributed by atoms with Crippen LogP contribution in [0.25, 0.3) is 0 Å². The highest BCUT2D eigenvalue weighted by Crippen LogP contribution is 2.13. The van der Waals surface area contributed by atoms with Gasteiger partial charge in [0.05, 0.1) is 0 Å². The molecule has 0 saturated carbocycles. The summed E-state index contributed by atoms with van der Waals surface area (Å²) in [6, 6.07) is 0.480. The summed E-state index contributed by atoms with van der Waals surface area (Å²) in [5.41, 5.74) is 7.15. The molecule has 0 aromatic rings. The lowest BCUT2D eigenvalue weighted by molar-refractivity contribution is 0.122. The first-order valence-electron chi connectivity index (χ1n) is 4.68. The Bertz CT molecular complexity index is 222. The van der Waals surface area contributed by atoms with E-state index < -0.39 is 5.17 Å². The number of nitrogens with one attached hydrogen (secondary N) is 1. The molecule has 15 heavy (non-hydrogen) atoms. The molecule has 1 atom stereocenters. The number of rotatable bonds is 1. The van der Waals surface area contributed by atoms with Crippen LogP contribution in [0.5, 0.6) is 0 Å². The van der Waals surface area contributed by atoms with Crippen molar-refractivity contribution in [2.24, 2.45) is 5.73 Å². The van der Waals surface area contributed by atoms with E-state index in [0.717, 1.165) is 6.54 Å². The first kappa shape index (κ1) is 14.3. The van der Waals surface area contributed by atoms with Crippen LogP contribution in [0.2, 0.25) is 0 Å². The summed E-state index contributed by atoms with van der Waals surface area (Å²) in [5.74, 6) is 0. The highest BCUT2D eigenvalue weighted by atomic mass is 32.1. The zero-order valence-corrected chi connectivity index (χ0v) is 10.3. The van der Waals surface area contributed by atoms with Crippen molar-refractivity contribution in [3.05, 3.63) is 0 Å². The summed E-state index contributed by atoms with van der Waals surface area (Å²) >= 11 is 8.40. The van der Waals surface area contributed by atoms with Crippen LogP contribution in [-0.2, 0) is 0 Å². The molecule has 1 heterocycles. The molecule has 1 aliphatic heterocycles. The van der Waals surface area contributed by atoms with Crippen molar-refractivity contribution in [1.82, 2.24) is 10.4 Å². The number of nitrogens with zero attached hydrogens (tertiary/aromatic N) is 1. The van der Waals surface area contributed by atoms with Gasteiger partial charge in [-0.05, 0) is 44.2 Å². The highest BCUT2D eigenvalue weighted by molar-refractivity contribution is 7.80. The Morgan fingerprint density at radius 1 is 1.40 bits per heavy atom. The minimum Gasteiger partial charge on any atom is -0.487 e. The van der Waals surface area contributed by atoms with Gasteiger partial charge in [0.15, 0.2) is 0 Å². The average Bonchev–Trinajstić information content (AvgIpc) is 2.07. The second-order valence-corrected chi connectivity index (χ2v) is 4.10. The van der Waals surface area contributed by atoms with E-state index in [0.29, 0.717) is 6.04 Å². The van der Waals surface area contributed by atoms with E-state index in [1.807, 2.05) is 5.01 Å². The second kappa shape index (κ2) is 7.61. The van der Waals surface area contributed by atoms with E-state index in [4.69, 9.17) is 10.2 Å². The molecule has 1 fully saturated rings. The number of nitrogens with two attached hydrogens (primary N) is 1. The lowest BCUT2D eigenvalue weighted by Gasteiger charge is -2.32. The molecule has 0 aromatic heterocycles. The number of piperidine rings is 1. The molecule has 1 unspecified atom stereocenters. The number of hydrogen-bond donors (Lipinski definition) is 4. The maximum Gasteiger partial charge on any atom is 0.269 e. The minimum absolute atomic E-state index is 0.126. The molecule has 1 rings (SSSR count). The van der Waals surface area contributed by atoms with Crippen LogP contribution in [0.3, 0.4) is 0 Å². The van der Waals surface area contributed by atoms with E-state index in [9.17, 15) is 0 Å². The van der Waals surface area contributed by atoms with Crippen LogP contribution in [-0.4, -0.2) is 38.2 Å². The third kappa shape index (κ3) is 8.34.